The van der Waals surface area contributed by atoms with Crippen LogP contribution in [-0.4, -0.2) is 63.9 Å². The number of rotatable bonds is 10. The Hall–Kier alpha value is -3.56. The van der Waals surface area contributed by atoms with E-state index in [1.165, 1.54) is 7.11 Å². The van der Waals surface area contributed by atoms with Crippen molar-refractivity contribution in [3.05, 3.63) is 72.8 Å². The molecule has 2 unspecified atom stereocenters. The Balaban J connectivity index is 1.39. The lowest BCUT2D eigenvalue weighted by Crippen LogP contribution is -2.32. The molecule has 0 bridgehead atoms. The standard InChI is InChI=1S/C27H29NO7S/c1-33-26-16-21(10-13-24(26)34-17-22(29)18-36(2,31)32)28-15-14-25(27(28)30)35-23-11-8-20(9-12-23)19-6-4-3-5-7-19/h3-13,16,22,25,29H,14-15,17-18H2,1-2H3. The van der Waals surface area contributed by atoms with E-state index in [0.29, 0.717) is 35.9 Å². The predicted octanol–water partition coefficient (Wildman–Crippen LogP) is 3.33. The van der Waals surface area contributed by atoms with E-state index in [2.05, 4.69) is 0 Å². The summed E-state index contributed by atoms with van der Waals surface area (Å²) in [5.41, 5.74) is 2.81. The van der Waals surface area contributed by atoms with E-state index in [0.717, 1.165) is 17.4 Å². The van der Waals surface area contributed by atoms with Crippen molar-refractivity contribution in [1.82, 2.24) is 0 Å². The van der Waals surface area contributed by atoms with Gasteiger partial charge in [0.2, 0.25) is 0 Å². The number of aliphatic hydroxyl groups excluding tert-OH is 1. The van der Waals surface area contributed by atoms with Gasteiger partial charge in [0.05, 0.1) is 12.9 Å². The number of sulfone groups is 1. The van der Waals surface area contributed by atoms with Crippen molar-refractivity contribution in [2.45, 2.75) is 18.6 Å². The van der Waals surface area contributed by atoms with Crippen molar-refractivity contribution >= 4 is 21.4 Å². The minimum atomic E-state index is -3.33. The zero-order chi connectivity index (χ0) is 25.7. The summed E-state index contributed by atoms with van der Waals surface area (Å²) in [5.74, 6) is 0.788. The molecule has 1 N–H and O–H groups in total. The van der Waals surface area contributed by atoms with Crippen molar-refractivity contribution in [3.63, 3.8) is 0 Å². The molecule has 1 aliphatic heterocycles. The third-order valence-corrected chi connectivity index (χ3v) is 6.77. The first-order valence-corrected chi connectivity index (χ1v) is 13.6. The highest BCUT2D eigenvalue weighted by atomic mass is 32.2. The Bertz CT molecular complexity index is 1290. The fourth-order valence-electron chi connectivity index (χ4n) is 4.07. The molecule has 3 aromatic carbocycles. The van der Waals surface area contributed by atoms with E-state index in [4.69, 9.17) is 14.2 Å². The van der Waals surface area contributed by atoms with E-state index in [1.807, 2.05) is 54.6 Å². The summed E-state index contributed by atoms with van der Waals surface area (Å²) >= 11 is 0. The fourth-order valence-corrected chi connectivity index (χ4v) is 4.86. The van der Waals surface area contributed by atoms with Crippen LogP contribution >= 0.6 is 0 Å². The second kappa shape index (κ2) is 11.0. The summed E-state index contributed by atoms with van der Waals surface area (Å²) < 4.78 is 39.6. The highest BCUT2D eigenvalue weighted by Crippen LogP contribution is 2.34. The molecule has 8 nitrogen and oxygen atoms in total. The molecule has 0 aliphatic carbocycles. The number of nitrogens with zero attached hydrogens (tertiary/aromatic N) is 1. The van der Waals surface area contributed by atoms with Gasteiger partial charge in [-0.3, -0.25) is 4.79 Å². The smallest absolute Gasteiger partial charge is 0.268 e. The molecular formula is C27H29NO7S. The van der Waals surface area contributed by atoms with Gasteiger partial charge < -0.3 is 24.2 Å². The Kier molecular flexibility index (Phi) is 7.81. The summed E-state index contributed by atoms with van der Waals surface area (Å²) in [6.45, 7) is 0.284. The van der Waals surface area contributed by atoms with Crippen molar-refractivity contribution in [1.29, 1.82) is 0 Å². The van der Waals surface area contributed by atoms with Gasteiger partial charge in [0.25, 0.3) is 5.91 Å². The van der Waals surface area contributed by atoms with Gasteiger partial charge in [-0.15, -0.1) is 0 Å². The van der Waals surface area contributed by atoms with Gasteiger partial charge in [-0.2, -0.15) is 0 Å². The van der Waals surface area contributed by atoms with Crippen LogP contribution in [-0.2, 0) is 14.6 Å². The van der Waals surface area contributed by atoms with Crippen LogP contribution in [0.25, 0.3) is 11.1 Å². The van der Waals surface area contributed by atoms with Crippen LogP contribution in [0.2, 0.25) is 0 Å². The zero-order valence-corrected chi connectivity index (χ0v) is 21.0. The van der Waals surface area contributed by atoms with Crippen LogP contribution in [0.3, 0.4) is 0 Å². The number of amides is 1. The van der Waals surface area contributed by atoms with Gasteiger partial charge in [0, 0.05) is 31.0 Å². The average Bonchev–Trinajstić information content (AvgIpc) is 3.22. The van der Waals surface area contributed by atoms with Crippen molar-refractivity contribution in [3.8, 4) is 28.4 Å². The molecule has 1 amide bonds. The summed E-state index contributed by atoms with van der Waals surface area (Å²) in [6.07, 6.45) is -0.169. The lowest BCUT2D eigenvalue weighted by molar-refractivity contribution is -0.122. The van der Waals surface area contributed by atoms with Gasteiger partial charge in [-0.1, -0.05) is 42.5 Å². The maximum absolute atomic E-state index is 13.1. The quantitative estimate of drug-likeness (QED) is 0.445. The normalized spacial score (nSPS) is 16.6. The highest BCUT2D eigenvalue weighted by Gasteiger charge is 2.34. The van der Waals surface area contributed by atoms with Gasteiger partial charge in [-0.25, -0.2) is 8.42 Å². The lowest BCUT2D eigenvalue weighted by atomic mass is 10.1. The Labute approximate surface area is 211 Å². The largest absolute Gasteiger partial charge is 0.493 e. The van der Waals surface area contributed by atoms with Crippen LogP contribution in [0.4, 0.5) is 5.69 Å². The second-order valence-electron chi connectivity index (χ2n) is 8.67. The molecule has 0 spiro atoms. The number of ether oxygens (including phenoxy) is 3. The van der Waals surface area contributed by atoms with Crippen LogP contribution in [0.1, 0.15) is 6.42 Å². The SMILES string of the molecule is COc1cc(N2CCC(Oc3ccc(-c4ccccc4)cc3)C2=O)ccc1OCC(O)CS(C)(=O)=O. The van der Waals surface area contributed by atoms with Gasteiger partial charge in [-0.05, 0) is 35.4 Å². The Morgan fingerprint density at radius 1 is 1.00 bits per heavy atom. The summed E-state index contributed by atoms with van der Waals surface area (Å²) in [5, 5.41) is 9.88. The number of benzene rings is 3. The number of carbonyl (C=O) groups excluding carboxylic acids is 1. The van der Waals surface area contributed by atoms with E-state index >= 15 is 0 Å². The first kappa shape index (κ1) is 25.5. The zero-order valence-electron chi connectivity index (χ0n) is 20.2. The molecule has 0 saturated carbocycles. The average molecular weight is 512 g/mol. The summed E-state index contributed by atoms with van der Waals surface area (Å²) in [7, 11) is -1.86. The molecular weight excluding hydrogens is 482 g/mol. The third kappa shape index (κ3) is 6.35. The minimum absolute atomic E-state index is 0.151. The van der Waals surface area contributed by atoms with Crippen LogP contribution in [0.5, 0.6) is 17.2 Å². The summed E-state index contributed by atoms with van der Waals surface area (Å²) in [6, 6.07) is 22.7. The third-order valence-electron chi connectivity index (χ3n) is 5.78. The van der Waals surface area contributed by atoms with Gasteiger partial charge >= 0.3 is 0 Å². The van der Waals surface area contributed by atoms with Crippen molar-refractivity contribution in [2.75, 3.05) is 37.2 Å². The molecule has 4 rings (SSSR count). The topological polar surface area (TPSA) is 102 Å². The predicted molar refractivity (Wildman–Crippen MR) is 137 cm³/mol. The van der Waals surface area contributed by atoms with E-state index in [-0.39, 0.29) is 12.5 Å². The fraction of sp³-hybridized carbons (Fsp3) is 0.296. The van der Waals surface area contributed by atoms with Crippen LogP contribution < -0.4 is 19.1 Å². The molecule has 36 heavy (non-hydrogen) atoms. The first-order chi connectivity index (χ1) is 17.2. The molecule has 3 aromatic rings. The van der Waals surface area contributed by atoms with E-state index < -0.39 is 27.8 Å². The molecule has 0 aromatic heterocycles. The van der Waals surface area contributed by atoms with Crippen molar-refractivity contribution < 1.29 is 32.5 Å². The first-order valence-electron chi connectivity index (χ1n) is 11.5. The number of aliphatic hydroxyl groups is 1. The molecule has 1 aliphatic rings. The maximum atomic E-state index is 13.1. The Morgan fingerprint density at radius 2 is 1.69 bits per heavy atom. The molecule has 1 heterocycles. The number of methoxy groups -OCH3 is 1. The molecule has 190 valence electrons. The number of carbonyl (C=O) groups is 1. The number of hydrogen-bond acceptors (Lipinski definition) is 7. The van der Waals surface area contributed by atoms with Gasteiger partial charge in [0.15, 0.2) is 17.6 Å². The lowest BCUT2D eigenvalue weighted by Gasteiger charge is -2.20. The van der Waals surface area contributed by atoms with Gasteiger partial charge in [0.1, 0.15) is 28.3 Å². The van der Waals surface area contributed by atoms with Crippen molar-refractivity contribution in [2.24, 2.45) is 0 Å². The minimum Gasteiger partial charge on any atom is -0.493 e. The monoisotopic (exact) mass is 511 g/mol. The molecule has 1 fully saturated rings. The van der Waals surface area contributed by atoms with E-state index in [1.54, 1.807) is 23.1 Å². The molecule has 1 saturated heterocycles. The number of anilines is 1. The molecule has 2 atom stereocenters. The highest BCUT2D eigenvalue weighted by molar-refractivity contribution is 7.90. The van der Waals surface area contributed by atoms with Crippen LogP contribution in [0.15, 0.2) is 72.8 Å². The molecule has 9 heteroatoms. The number of hydrogen-bond donors (Lipinski definition) is 1. The van der Waals surface area contributed by atoms with Crippen LogP contribution in [0, 0.1) is 0 Å². The van der Waals surface area contributed by atoms with E-state index in [9.17, 15) is 18.3 Å². The summed E-state index contributed by atoms with van der Waals surface area (Å²) in [4.78, 5) is 14.7. The molecule has 0 radical (unpaired) electrons. The Morgan fingerprint density at radius 3 is 2.36 bits per heavy atom. The second-order valence-corrected chi connectivity index (χ2v) is 10.9. The maximum Gasteiger partial charge on any atom is 0.268 e.